The maximum Gasteiger partial charge on any atom is 0.460 e. The van der Waals surface area contributed by atoms with Crippen LogP contribution in [0, 0.1) is 0 Å². The summed E-state index contributed by atoms with van der Waals surface area (Å²) >= 11 is 0. The smallest absolute Gasteiger partial charge is 0.460 e. The monoisotopic (exact) mass is 695 g/mol. The SMILES string of the molecule is CCOC(=O)CN(S(=O)(=O)CCC(F)(F)C(F)(F)C(F)(F)C(F)(F)F)S(=O)(=O)C(F)(F)C(F)(F)C(F)(F)C(F)(F)F. The van der Waals surface area contributed by atoms with Crippen LogP contribution in [0.15, 0.2) is 0 Å². The summed E-state index contributed by atoms with van der Waals surface area (Å²) in [6.45, 7) is -3.22. The van der Waals surface area contributed by atoms with Gasteiger partial charge in [0.25, 0.3) is 10.0 Å². The van der Waals surface area contributed by atoms with E-state index in [9.17, 15) is 101 Å². The van der Waals surface area contributed by atoms with Crippen molar-refractivity contribution in [2.24, 2.45) is 0 Å². The van der Waals surface area contributed by atoms with E-state index in [1.165, 1.54) is 0 Å². The minimum absolute atomic E-state index is 0.765. The van der Waals surface area contributed by atoms with Crippen molar-refractivity contribution in [1.82, 2.24) is 3.71 Å². The summed E-state index contributed by atoms with van der Waals surface area (Å²) in [7, 11) is -15.5. The van der Waals surface area contributed by atoms with Crippen molar-refractivity contribution < 1.29 is 105 Å². The molecule has 27 heteroatoms. The van der Waals surface area contributed by atoms with Crippen LogP contribution in [-0.2, 0) is 29.6 Å². The first-order valence-electron chi connectivity index (χ1n) is 9.35. The second-order valence-electron chi connectivity index (χ2n) is 7.32. The average Bonchev–Trinajstić information content (AvgIpc) is 2.74. The number of hydrogen-bond acceptors (Lipinski definition) is 6. The fraction of sp³-hybridized carbons (Fsp3) is 0.929. The van der Waals surface area contributed by atoms with Gasteiger partial charge in [-0.3, -0.25) is 4.79 Å². The van der Waals surface area contributed by atoms with E-state index in [2.05, 4.69) is 4.74 Å². The van der Waals surface area contributed by atoms with E-state index in [1.54, 1.807) is 0 Å². The number of sulfonamides is 2. The molecule has 0 rings (SSSR count). The van der Waals surface area contributed by atoms with E-state index in [0.29, 0.717) is 0 Å². The Morgan fingerprint density at radius 2 is 1.00 bits per heavy atom. The Hall–Kier alpha value is -1.93. The van der Waals surface area contributed by atoms with E-state index in [0.717, 1.165) is 6.92 Å². The van der Waals surface area contributed by atoms with Crippen LogP contribution in [0.2, 0.25) is 0 Å². The number of rotatable bonds is 13. The molecule has 0 saturated heterocycles. The summed E-state index contributed by atoms with van der Waals surface area (Å²) < 4.78 is 284. The highest BCUT2D eigenvalue weighted by molar-refractivity contribution is 8.04. The quantitative estimate of drug-likeness (QED) is 0.203. The summed E-state index contributed by atoms with van der Waals surface area (Å²) in [5, 5.41) is -7.96. The predicted octanol–water partition coefficient (Wildman–Crippen LogP) is 4.80. The lowest BCUT2D eigenvalue weighted by Gasteiger charge is -2.35. The number of carbonyl (C=O) groups is 1. The molecule has 0 N–H and O–H groups in total. The molecule has 0 amide bonds. The van der Waals surface area contributed by atoms with Gasteiger partial charge in [-0.1, -0.05) is 3.71 Å². The molecule has 0 aromatic heterocycles. The molecular formula is C14H11F18NO6S2. The van der Waals surface area contributed by atoms with Crippen LogP contribution in [0.1, 0.15) is 13.3 Å². The van der Waals surface area contributed by atoms with Gasteiger partial charge in [-0.2, -0.15) is 79.0 Å². The van der Waals surface area contributed by atoms with Gasteiger partial charge in [-0.05, 0) is 6.92 Å². The van der Waals surface area contributed by atoms with Crippen LogP contribution >= 0.6 is 0 Å². The lowest BCUT2D eigenvalue weighted by Crippen LogP contribution is -2.66. The zero-order chi connectivity index (χ0) is 33.7. The Morgan fingerprint density at radius 1 is 0.634 bits per heavy atom. The van der Waals surface area contributed by atoms with Crippen molar-refractivity contribution >= 4 is 26.0 Å². The number of ether oxygens (including phenoxy) is 1. The number of esters is 1. The minimum atomic E-state index is -8.41. The molecule has 0 aromatic rings. The van der Waals surface area contributed by atoms with Crippen molar-refractivity contribution in [2.75, 3.05) is 18.9 Å². The number of nitrogens with zero attached hydrogens (tertiary/aromatic N) is 1. The molecule has 7 nitrogen and oxygen atoms in total. The van der Waals surface area contributed by atoms with Crippen molar-refractivity contribution in [3.63, 3.8) is 0 Å². The van der Waals surface area contributed by atoms with Gasteiger partial charge < -0.3 is 4.74 Å². The average molecular weight is 695 g/mol. The summed E-state index contributed by atoms with van der Waals surface area (Å²) in [4.78, 5) is 11.4. The number of alkyl halides is 18. The highest BCUT2D eigenvalue weighted by Gasteiger charge is 2.86. The molecule has 0 heterocycles. The topological polar surface area (TPSA) is 97.8 Å². The molecule has 0 aliphatic heterocycles. The number of hydrogen-bond donors (Lipinski definition) is 0. The van der Waals surface area contributed by atoms with Gasteiger partial charge in [0.05, 0.1) is 12.4 Å². The lowest BCUT2D eigenvalue weighted by atomic mass is 10.0. The molecule has 0 aliphatic carbocycles. The zero-order valence-corrected chi connectivity index (χ0v) is 20.5. The second kappa shape index (κ2) is 11.0. The third-order valence-electron chi connectivity index (χ3n) is 4.47. The maximum absolute atomic E-state index is 14.1. The van der Waals surface area contributed by atoms with Crippen LogP contribution < -0.4 is 0 Å². The van der Waals surface area contributed by atoms with Crippen LogP contribution in [0.5, 0.6) is 0 Å². The molecule has 0 fully saturated rings. The number of halogens is 18. The lowest BCUT2D eigenvalue weighted by molar-refractivity contribution is -0.396. The molecule has 0 radical (unpaired) electrons. The molecule has 0 bridgehead atoms. The van der Waals surface area contributed by atoms with Gasteiger partial charge in [0.2, 0.25) is 10.0 Å². The zero-order valence-electron chi connectivity index (χ0n) is 18.8. The van der Waals surface area contributed by atoms with Gasteiger partial charge in [0.1, 0.15) is 6.54 Å². The van der Waals surface area contributed by atoms with Gasteiger partial charge in [0, 0.05) is 6.42 Å². The second-order valence-corrected chi connectivity index (χ2v) is 11.5. The summed E-state index contributed by atoms with van der Waals surface area (Å²) in [5.74, 6) is -44.2. The molecule has 246 valence electrons. The molecule has 0 spiro atoms. The molecule has 0 unspecified atom stereocenters. The van der Waals surface area contributed by atoms with Crippen molar-refractivity contribution in [2.45, 2.75) is 60.6 Å². The molecule has 0 saturated carbocycles. The van der Waals surface area contributed by atoms with Crippen LogP contribution in [0.3, 0.4) is 0 Å². The summed E-state index contributed by atoms with van der Waals surface area (Å²) in [6.07, 6.45) is -18.8. The van der Waals surface area contributed by atoms with Crippen molar-refractivity contribution in [3.05, 3.63) is 0 Å². The molecule has 0 aliphatic rings. The molecule has 0 atom stereocenters. The largest absolute Gasteiger partial charge is 0.465 e. The number of carbonyl (C=O) groups excluding carboxylic acids is 1. The predicted molar refractivity (Wildman–Crippen MR) is 92.5 cm³/mol. The van der Waals surface area contributed by atoms with Gasteiger partial charge >= 0.3 is 53.2 Å². The first-order valence-corrected chi connectivity index (χ1v) is 12.4. The van der Waals surface area contributed by atoms with Gasteiger partial charge in [-0.15, -0.1) is 0 Å². The Morgan fingerprint density at radius 3 is 1.34 bits per heavy atom. The highest BCUT2D eigenvalue weighted by Crippen LogP contribution is 2.56. The normalized spacial score (nSPS) is 15.8. The van der Waals surface area contributed by atoms with Gasteiger partial charge in [-0.25, -0.2) is 16.8 Å². The Balaban J connectivity index is 6.97. The highest BCUT2D eigenvalue weighted by atomic mass is 32.3. The molecular weight excluding hydrogens is 684 g/mol. The first kappa shape index (κ1) is 39.1. The third kappa shape index (κ3) is 6.53. The molecule has 0 aromatic carbocycles. The fourth-order valence-electron chi connectivity index (χ4n) is 2.22. The summed E-state index contributed by atoms with van der Waals surface area (Å²) in [5.41, 5.74) is 0. The van der Waals surface area contributed by atoms with Gasteiger partial charge in [0.15, 0.2) is 0 Å². The minimum Gasteiger partial charge on any atom is -0.465 e. The van der Waals surface area contributed by atoms with Crippen LogP contribution in [-0.4, -0.2) is 92.6 Å². The van der Waals surface area contributed by atoms with Crippen LogP contribution in [0.4, 0.5) is 79.0 Å². The van der Waals surface area contributed by atoms with E-state index < -0.39 is 102 Å². The first-order chi connectivity index (χ1) is 17.5. The molecule has 41 heavy (non-hydrogen) atoms. The van der Waals surface area contributed by atoms with E-state index in [4.69, 9.17) is 0 Å². The van der Waals surface area contributed by atoms with Crippen molar-refractivity contribution in [3.8, 4) is 0 Å². The Kier molecular flexibility index (Phi) is 10.4. The Bertz CT molecular complexity index is 1180. The standard InChI is InChI=1S/C14H11F18NO6S2/c1-2-39-6(34)5-33(41(37,38)14(31,32)11(23,24)10(21,22)13(28,29)30)40(35,36)4-3-7(15,16)8(17,18)9(19,20)12(25,26)27/h2-5H2,1H3. The maximum atomic E-state index is 14.1. The van der Waals surface area contributed by atoms with E-state index >= 15 is 0 Å². The third-order valence-corrected chi connectivity index (χ3v) is 8.77. The Labute approximate surface area is 215 Å². The summed E-state index contributed by atoms with van der Waals surface area (Å²) in [6, 6.07) is 0. The fourth-order valence-corrected chi connectivity index (χ4v) is 5.92. The van der Waals surface area contributed by atoms with E-state index in [1.807, 2.05) is 0 Å². The van der Waals surface area contributed by atoms with Crippen molar-refractivity contribution in [1.29, 1.82) is 0 Å². The van der Waals surface area contributed by atoms with Crippen LogP contribution in [0.25, 0.3) is 0 Å². The van der Waals surface area contributed by atoms with E-state index in [-0.39, 0.29) is 0 Å².